The van der Waals surface area contributed by atoms with E-state index in [-0.39, 0.29) is 11.7 Å². The van der Waals surface area contributed by atoms with Crippen molar-refractivity contribution in [1.82, 2.24) is 9.78 Å². The molecule has 1 aromatic carbocycles. The molecular weight excluding hydrogens is 258 g/mol. The molecule has 0 aliphatic carbocycles. The lowest BCUT2D eigenvalue weighted by Crippen LogP contribution is -2.15. The Hall–Kier alpha value is -2.83. The lowest BCUT2D eigenvalue weighted by Gasteiger charge is -2.06. The molecule has 104 valence electrons. The maximum Gasteiger partial charge on any atom is 0.259 e. The fourth-order valence-corrected chi connectivity index (χ4v) is 1.73. The van der Waals surface area contributed by atoms with E-state index in [0.29, 0.717) is 16.8 Å². The maximum absolute atomic E-state index is 12.1. The topological polar surface area (TPSA) is 106 Å². The van der Waals surface area contributed by atoms with Crippen molar-refractivity contribution in [1.29, 1.82) is 0 Å². The van der Waals surface area contributed by atoms with Gasteiger partial charge in [-0.25, -0.2) is 0 Å². The first-order valence-corrected chi connectivity index (χ1v) is 5.91. The molecule has 1 amide bonds. The van der Waals surface area contributed by atoms with Crippen LogP contribution in [0.4, 0.5) is 5.69 Å². The third-order valence-electron chi connectivity index (χ3n) is 3.00. The molecule has 0 spiro atoms. The number of amides is 1. The van der Waals surface area contributed by atoms with Crippen LogP contribution in [0.25, 0.3) is 0 Å². The zero-order chi connectivity index (χ0) is 14.7. The van der Waals surface area contributed by atoms with Crippen molar-refractivity contribution in [2.75, 3.05) is 5.32 Å². The second kappa shape index (κ2) is 5.43. The molecule has 20 heavy (non-hydrogen) atoms. The van der Waals surface area contributed by atoms with Gasteiger partial charge in [-0.1, -0.05) is 17.3 Å². The average Bonchev–Trinajstić information content (AvgIpc) is 2.78. The standard InChI is InChI=1S/C13H15N5O2/c1-8-11(7-15-18(8)2)13(19)16-10-5-3-4-9(6-10)12(14)17-20/h3-7,20H,1-2H3,(H2,14,17)(H,16,19). The Kier molecular flexibility index (Phi) is 3.69. The number of nitrogens with zero attached hydrogens (tertiary/aromatic N) is 3. The van der Waals surface area contributed by atoms with Gasteiger partial charge in [0.15, 0.2) is 5.84 Å². The van der Waals surface area contributed by atoms with Gasteiger partial charge in [-0.05, 0) is 19.1 Å². The Labute approximate surface area is 115 Å². The summed E-state index contributed by atoms with van der Waals surface area (Å²) < 4.78 is 1.63. The second-order valence-electron chi connectivity index (χ2n) is 4.29. The number of oxime groups is 1. The summed E-state index contributed by atoms with van der Waals surface area (Å²) in [7, 11) is 1.77. The summed E-state index contributed by atoms with van der Waals surface area (Å²) >= 11 is 0. The first-order valence-electron chi connectivity index (χ1n) is 5.91. The van der Waals surface area contributed by atoms with Crippen molar-refractivity contribution in [3.8, 4) is 0 Å². The molecular formula is C13H15N5O2. The molecule has 0 saturated heterocycles. The van der Waals surface area contributed by atoms with Crippen LogP contribution in [0.15, 0.2) is 35.6 Å². The number of amidine groups is 1. The van der Waals surface area contributed by atoms with Crippen molar-refractivity contribution in [2.24, 2.45) is 17.9 Å². The van der Waals surface area contributed by atoms with Gasteiger partial charge in [-0.3, -0.25) is 9.48 Å². The maximum atomic E-state index is 12.1. The number of carbonyl (C=O) groups is 1. The number of rotatable bonds is 3. The average molecular weight is 273 g/mol. The molecule has 2 rings (SSSR count). The van der Waals surface area contributed by atoms with Crippen LogP contribution >= 0.6 is 0 Å². The van der Waals surface area contributed by atoms with E-state index in [1.807, 2.05) is 6.92 Å². The van der Waals surface area contributed by atoms with Crippen LogP contribution in [-0.2, 0) is 7.05 Å². The number of hydrogen-bond acceptors (Lipinski definition) is 4. The summed E-state index contributed by atoms with van der Waals surface area (Å²) in [4.78, 5) is 12.1. The van der Waals surface area contributed by atoms with E-state index in [4.69, 9.17) is 10.9 Å². The number of carbonyl (C=O) groups excluding carboxylic acids is 1. The van der Waals surface area contributed by atoms with Gasteiger partial charge in [0.2, 0.25) is 0 Å². The molecule has 2 aromatic rings. The Morgan fingerprint density at radius 3 is 2.85 bits per heavy atom. The van der Waals surface area contributed by atoms with Crippen LogP contribution in [0.1, 0.15) is 21.6 Å². The van der Waals surface area contributed by atoms with Crippen molar-refractivity contribution in [3.05, 3.63) is 47.3 Å². The van der Waals surface area contributed by atoms with E-state index in [2.05, 4.69) is 15.6 Å². The number of benzene rings is 1. The van der Waals surface area contributed by atoms with Gasteiger partial charge in [0.05, 0.1) is 11.8 Å². The first-order chi connectivity index (χ1) is 9.52. The molecule has 0 radical (unpaired) electrons. The molecule has 1 aromatic heterocycles. The van der Waals surface area contributed by atoms with Crippen molar-refractivity contribution < 1.29 is 10.0 Å². The van der Waals surface area contributed by atoms with E-state index in [1.54, 1.807) is 36.0 Å². The molecule has 0 aliphatic heterocycles. The van der Waals surface area contributed by atoms with E-state index in [1.165, 1.54) is 6.20 Å². The van der Waals surface area contributed by atoms with Crippen molar-refractivity contribution >= 4 is 17.4 Å². The first kappa shape index (κ1) is 13.6. The van der Waals surface area contributed by atoms with Crippen LogP contribution in [0.2, 0.25) is 0 Å². The molecule has 0 fully saturated rings. The van der Waals surface area contributed by atoms with E-state index in [0.717, 1.165) is 5.69 Å². The summed E-state index contributed by atoms with van der Waals surface area (Å²) in [5, 5.41) is 18.3. The minimum Gasteiger partial charge on any atom is -0.409 e. The molecule has 1 heterocycles. The van der Waals surface area contributed by atoms with Crippen molar-refractivity contribution in [3.63, 3.8) is 0 Å². The van der Waals surface area contributed by atoms with Gasteiger partial charge in [-0.15, -0.1) is 0 Å². The second-order valence-corrected chi connectivity index (χ2v) is 4.29. The van der Waals surface area contributed by atoms with Gasteiger partial charge in [0.1, 0.15) is 0 Å². The summed E-state index contributed by atoms with van der Waals surface area (Å²) in [6.45, 7) is 1.81. The monoisotopic (exact) mass is 273 g/mol. The fraction of sp³-hybridized carbons (Fsp3) is 0.154. The van der Waals surface area contributed by atoms with E-state index < -0.39 is 0 Å². The minimum absolute atomic E-state index is 0.0151. The highest BCUT2D eigenvalue weighted by atomic mass is 16.4. The molecule has 7 heteroatoms. The van der Waals surface area contributed by atoms with Gasteiger partial charge >= 0.3 is 0 Å². The highest BCUT2D eigenvalue weighted by Gasteiger charge is 2.13. The predicted octanol–water partition coefficient (Wildman–Crippen LogP) is 1.08. The van der Waals surface area contributed by atoms with Crippen LogP contribution < -0.4 is 11.1 Å². The fourth-order valence-electron chi connectivity index (χ4n) is 1.73. The number of aromatic nitrogens is 2. The quantitative estimate of drug-likeness (QED) is 0.336. The van der Waals surface area contributed by atoms with E-state index in [9.17, 15) is 4.79 Å². The zero-order valence-electron chi connectivity index (χ0n) is 11.2. The highest BCUT2D eigenvalue weighted by molar-refractivity contribution is 6.05. The summed E-state index contributed by atoms with van der Waals surface area (Å²) in [5.74, 6) is -0.272. The third kappa shape index (κ3) is 2.61. The number of hydrogen-bond donors (Lipinski definition) is 3. The largest absolute Gasteiger partial charge is 0.409 e. The Balaban J connectivity index is 2.22. The Bertz CT molecular complexity index is 675. The van der Waals surface area contributed by atoms with E-state index >= 15 is 0 Å². The van der Waals surface area contributed by atoms with Crippen LogP contribution in [0.3, 0.4) is 0 Å². The highest BCUT2D eigenvalue weighted by Crippen LogP contribution is 2.13. The van der Waals surface area contributed by atoms with Gasteiger partial charge in [0, 0.05) is 24.0 Å². The summed E-state index contributed by atoms with van der Waals surface area (Å²) in [5.41, 5.74) is 7.86. The van der Waals surface area contributed by atoms with Crippen LogP contribution in [0.5, 0.6) is 0 Å². The van der Waals surface area contributed by atoms with Crippen LogP contribution in [0, 0.1) is 6.92 Å². The van der Waals surface area contributed by atoms with Gasteiger partial charge in [0.25, 0.3) is 5.91 Å². The van der Waals surface area contributed by atoms with Crippen LogP contribution in [-0.4, -0.2) is 26.7 Å². The predicted molar refractivity (Wildman–Crippen MR) is 74.9 cm³/mol. The van der Waals surface area contributed by atoms with Gasteiger partial charge in [-0.2, -0.15) is 5.10 Å². The molecule has 7 nitrogen and oxygen atoms in total. The number of nitrogens with two attached hydrogens (primary N) is 1. The molecule has 0 bridgehead atoms. The molecule has 0 unspecified atom stereocenters. The lowest BCUT2D eigenvalue weighted by atomic mass is 10.1. The molecule has 0 saturated carbocycles. The Morgan fingerprint density at radius 1 is 1.50 bits per heavy atom. The minimum atomic E-state index is -0.257. The van der Waals surface area contributed by atoms with Crippen molar-refractivity contribution in [2.45, 2.75) is 6.92 Å². The SMILES string of the molecule is Cc1c(C(=O)Nc2cccc(/C(N)=N/O)c2)cnn1C. The molecule has 0 atom stereocenters. The Morgan fingerprint density at radius 2 is 2.25 bits per heavy atom. The third-order valence-corrected chi connectivity index (χ3v) is 3.00. The summed E-state index contributed by atoms with van der Waals surface area (Å²) in [6, 6.07) is 6.73. The normalized spacial score (nSPS) is 11.4. The van der Waals surface area contributed by atoms with Gasteiger partial charge < -0.3 is 16.3 Å². The smallest absolute Gasteiger partial charge is 0.259 e. The summed E-state index contributed by atoms with van der Waals surface area (Å²) in [6.07, 6.45) is 1.51. The lowest BCUT2D eigenvalue weighted by molar-refractivity contribution is 0.102. The number of aryl methyl sites for hydroxylation is 1. The molecule has 0 aliphatic rings. The molecule has 4 N–H and O–H groups in total. The zero-order valence-corrected chi connectivity index (χ0v) is 11.2. The number of nitrogens with one attached hydrogen (secondary N) is 1. The number of anilines is 1.